The lowest BCUT2D eigenvalue weighted by Gasteiger charge is -2.24. The smallest absolute Gasteiger partial charge is 0.338 e. The van der Waals surface area contributed by atoms with Crippen LogP contribution in [0.4, 0.5) is 0 Å². The van der Waals surface area contributed by atoms with E-state index in [2.05, 4.69) is 20.9 Å². The third kappa shape index (κ3) is 4.90. The van der Waals surface area contributed by atoms with Gasteiger partial charge in [0.1, 0.15) is 0 Å². The second-order valence-electron chi connectivity index (χ2n) is 8.18. The van der Waals surface area contributed by atoms with Crippen molar-refractivity contribution in [1.29, 1.82) is 0 Å². The van der Waals surface area contributed by atoms with Crippen molar-refractivity contribution in [3.05, 3.63) is 88.5 Å². The van der Waals surface area contributed by atoms with E-state index in [0.29, 0.717) is 38.7 Å². The first-order chi connectivity index (χ1) is 17.3. The minimum Gasteiger partial charge on any atom is -0.493 e. The van der Waals surface area contributed by atoms with Crippen LogP contribution >= 0.6 is 27.3 Å². The predicted octanol–water partition coefficient (Wildman–Crippen LogP) is 4.28. The molecule has 0 spiro atoms. The third-order valence-electron chi connectivity index (χ3n) is 5.75. The van der Waals surface area contributed by atoms with E-state index in [-0.39, 0.29) is 12.2 Å². The Morgan fingerprint density at radius 2 is 1.89 bits per heavy atom. The summed E-state index contributed by atoms with van der Waals surface area (Å²) in [7, 11) is 1.57. The summed E-state index contributed by atoms with van der Waals surface area (Å²) in [5.74, 6) is 0.690. The van der Waals surface area contributed by atoms with Crippen LogP contribution in [0.3, 0.4) is 0 Å². The lowest BCUT2D eigenvalue weighted by Crippen LogP contribution is -2.39. The Balaban J connectivity index is 1.92. The van der Waals surface area contributed by atoms with Crippen LogP contribution in [0.1, 0.15) is 43.5 Å². The van der Waals surface area contributed by atoms with Gasteiger partial charge in [-0.05, 0) is 73.0 Å². The fourth-order valence-electron chi connectivity index (χ4n) is 4.11. The Morgan fingerprint density at radius 1 is 1.17 bits per heavy atom. The Kier molecular flexibility index (Phi) is 7.80. The van der Waals surface area contributed by atoms with E-state index >= 15 is 0 Å². The number of hydrogen-bond acceptors (Lipinski definition) is 7. The summed E-state index contributed by atoms with van der Waals surface area (Å²) in [6.07, 6.45) is 1.79. The average Bonchev–Trinajstić information content (AvgIpc) is 3.14. The largest absolute Gasteiger partial charge is 0.493 e. The number of halogens is 1. The molecule has 9 heteroatoms. The average molecular weight is 571 g/mol. The van der Waals surface area contributed by atoms with Crippen molar-refractivity contribution >= 4 is 39.3 Å². The van der Waals surface area contributed by atoms with E-state index in [1.807, 2.05) is 50.2 Å². The van der Waals surface area contributed by atoms with Crippen molar-refractivity contribution in [2.24, 2.45) is 4.99 Å². The number of thiazole rings is 1. The number of hydrogen-bond donors (Lipinski definition) is 0. The molecule has 0 amide bonds. The molecule has 0 saturated heterocycles. The Labute approximate surface area is 221 Å². The van der Waals surface area contributed by atoms with Gasteiger partial charge in [-0.15, -0.1) is 0 Å². The highest BCUT2D eigenvalue weighted by atomic mass is 79.9. The molecule has 2 heterocycles. The molecule has 188 valence electrons. The highest BCUT2D eigenvalue weighted by molar-refractivity contribution is 9.10. The summed E-state index contributed by atoms with van der Waals surface area (Å²) >= 11 is 4.82. The number of esters is 1. The standard InChI is InChI=1S/C27H27BrN2O5S/c1-6-34-24-19(28)12-17(13-20(24)33-5)14-21-25(31)30-23(18-10-8-15(3)9-11-18)22(26(32)35-7-2)16(4)29-27(30)36-21/h8-14,23H,6-7H2,1-5H3/b21-14-/t23-/m0/s1. The van der Waals surface area contributed by atoms with Gasteiger partial charge in [-0.1, -0.05) is 41.2 Å². The maximum absolute atomic E-state index is 13.7. The highest BCUT2D eigenvalue weighted by Crippen LogP contribution is 2.37. The molecule has 0 saturated carbocycles. The number of fused-ring (bicyclic) bond motifs is 1. The molecule has 1 aromatic heterocycles. The summed E-state index contributed by atoms with van der Waals surface area (Å²) in [4.78, 5) is 31.9. The van der Waals surface area contributed by atoms with Crippen molar-refractivity contribution in [3.63, 3.8) is 0 Å². The number of allylic oxidation sites excluding steroid dienone is 1. The number of ether oxygens (including phenoxy) is 3. The molecular formula is C27H27BrN2O5S. The number of rotatable bonds is 7. The van der Waals surface area contributed by atoms with Crippen LogP contribution in [0.5, 0.6) is 11.5 Å². The number of aryl methyl sites for hydroxylation is 1. The summed E-state index contributed by atoms with van der Waals surface area (Å²) < 4.78 is 19.3. The Morgan fingerprint density at radius 3 is 2.53 bits per heavy atom. The molecule has 1 aliphatic rings. The number of nitrogens with zero attached hydrogens (tertiary/aromatic N) is 2. The number of benzene rings is 2. The van der Waals surface area contributed by atoms with Gasteiger partial charge in [0.15, 0.2) is 16.3 Å². The van der Waals surface area contributed by atoms with Crippen LogP contribution in [0.2, 0.25) is 0 Å². The van der Waals surface area contributed by atoms with Crippen LogP contribution in [0, 0.1) is 6.92 Å². The first-order valence-electron chi connectivity index (χ1n) is 11.6. The summed E-state index contributed by atoms with van der Waals surface area (Å²) in [5.41, 5.74) is 3.33. The SMILES string of the molecule is CCOC(=O)C1=C(C)N=c2s/c(=C\c3cc(Br)c(OCC)c(OC)c3)c(=O)n2[C@H]1c1ccc(C)cc1. The van der Waals surface area contributed by atoms with Gasteiger partial charge in [0.2, 0.25) is 0 Å². The zero-order chi connectivity index (χ0) is 26.0. The zero-order valence-electron chi connectivity index (χ0n) is 20.8. The van der Waals surface area contributed by atoms with Crippen molar-refractivity contribution in [2.75, 3.05) is 20.3 Å². The highest BCUT2D eigenvalue weighted by Gasteiger charge is 2.33. The van der Waals surface area contributed by atoms with Gasteiger partial charge in [-0.3, -0.25) is 9.36 Å². The van der Waals surface area contributed by atoms with Crippen LogP contribution < -0.4 is 24.4 Å². The lowest BCUT2D eigenvalue weighted by atomic mass is 9.95. The van der Waals surface area contributed by atoms with Gasteiger partial charge >= 0.3 is 5.97 Å². The van der Waals surface area contributed by atoms with E-state index in [1.54, 1.807) is 31.6 Å². The van der Waals surface area contributed by atoms with E-state index in [0.717, 1.165) is 21.2 Å². The molecule has 36 heavy (non-hydrogen) atoms. The van der Waals surface area contributed by atoms with E-state index in [4.69, 9.17) is 14.2 Å². The maximum Gasteiger partial charge on any atom is 0.338 e. The van der Waals surface area contributed by atoms with Crippen molar-refractivity contribution in [1.82, 2.24) is 4.57 Å². The van der Waals surface area contributed by atoms with Gasteiger partial charge in [-0.2, -0.15) is 0 Å². The van der Waals surface area contributed by atoms with Gasteiger partial charge in [0.05, 0.1) is 46.6 Å². The molecule has 0 unspecified atom stereocenters. The first kappa shape index (κ1) is 25.9. The van der Waals surface area contributed by atoms with Crippen molar-refractivity contribution < 1.29 is 19.0 Å². The molecule has 0 aliphatic carbocycles. The molecule has 4 rings (SSSR count). The molecule has 1 atom stereocenters. The van der Waals surface area contributed by atoms with Crippen molar-refractivity contribution in [2.45, 2.75) is 33.7 Å². The second kappa shape index (κ2) is 10.8. The zero-order valence-corrected chi connectivity index (χ0v) is 23.2. The number of aromatic nitrogens is 1. The Bertz CT molecular complexity index is 1520. The topological polar surface area (TPSA) is 79.1 Å². The predicted molar refractivity (Wildman–Crippen MR) is 143 cm³/mol. The van der Waals surface area contributed by atoms with Crippen LogP contribution in [0.15, 0.2) is 61.9 Å². The van der Waals surface area contributed by atoms with Gasteiger partial charge in [0.25, 0.3) is 5.56 Å². The Hall–Kier alpha value is -3.17. The van der Waals surface area contributed by atoms with Crippen LogP contribution in [0.25, 0.3) is 6.08 Å². The van der Waals surface area contributed by atoms with E-state index in [9.17, 15) is 9.59 Å². The van der Waals surface area contributed by atoms with E-state index < -0.39 is 12.0 Å². The van der Waals surface area contributed by atoms with E-state index in [1.165, 1.54) is 11.3 Å². The summed E-state index contributed by atoms with van der Waals surface area (Å²) in [5, 5.41) is 0. The molecule has 0 radical (unpaired) electrons. The lowest BCUT2D eigenvalue weighted by molar-refractivity contribution is -0.139. The number of methoxy groups -OCH3 is 1. The number of carbonyl (C=O) groups excluding carboxylic acids is 1. The maximum atomic E-state index is 13.7. The third-order valence-corrected chi connectivity index (χ3v) is 7.32. The van der Waals surface area contributed by atoms with Gasteiger partial charge in [-0.25, -0.2) is 9.79 Å². The minimum atomic E-state index is -0.635. The first-order valence-corrected chi connectivity index (χ1v) is 13.2. The van der Waals surface area contributed by atoms with Crippen LogP contribution in [-0.2, 0) is 9.53 Å². The minimum absolute atomic E-state index is 0.231. The quantitative estimate of drug-likeness (QED) is 0.396. The molecule has 7 nitrogen and oxygen atoms in total. The fraction of sp³-hybridized carbons (Fsp3) is 0.296. The normalized spacial score (nSPS) is 15.4. The summed E-state index contributed by atoms with van der Waals surface area (Å²) in [6, 6.07) is 10.9. The molecule has 0 bridgehead atoms. The van der Waals surface area contributed by atoms with Crippen molar-refractivity contribution in [3.8, 4) is 11.5 Å². The van der Waals surface area contributed by atoms with Crippen LogP contribution in [-0.4, -0.2) is 30.9 Å². The van der Waals surface area contributed by atoms with Gasteiger partial charge in [0, 0.05) is 0 Å². The summed E-state index contributed by atoms with van der Waals surface area (Å²) in [6.45, 7) is 8.15. The molecule has 1 aliphatic heterocycles. The molecule has 0 fully saturated rings. The van der Waals surface area contributed by atoms with Gasteiger partial charge < -0.3 is 14.2 Å². The molecule has 2 aromatic carbocycles. The fourth-order valence-corrected chi connectivity index (χ4v) is 5.74. The molecule has 0 N–H and O–H groups in total. The molecular weight excluding hydrogens is 544 g/mol. The number of carbonyl (C=O) groups is 1. The molecule has 3 aromatic rings. The monoisotopic (exact) mass is 570 g/mol. The second-order valence-corrected chi connectivity index (χ2v) is 10.0.